The van der Waals surface area contributed by atoms with Gasteiger partial charge in [-0.2, -0.15) is 0 Å². The van der Waals surface area contributed by atoms with Gasteiger partial charge in [-0.15, -0.1) is 10.2 Å². The lowest BCUT2D eigenvalue weighted by atomic mass is 10.0. The molecule has 1 heterocycles. The molecule has 3 rings (SSSR count). The van der Waals surface area contributed by atoms with Gasteiger partial charge in [0.05, 0.1) is 0 Å². The van der Waals surface area contributed by atoms with E-state index >= 15 is 0 Å². The standard InChI is InChI=1S/C11H18N4/c1-7-13-14-11(15(7)8-5-6-8)9-3-2-4-10(9)12/h8-10H,2-6,12H2,1H3. The lowest BCUT2D eigenvalue weighted by molar-refractivity contribution is 0.535. The van der Waals surface area contributed by atoms with Gasteiger partial charge in [0.25, 0.3) is 0 Å². The Hall–Kier alpha value is -0.900. The molecule has 0 saturated heterocycles. The number of nitrogens with two attached hydrogens (primary N) is 1. The summed E-state index contributed by atoms with van der Waals surface area (Å²) in [6.07, 6.45) is 6.14. The van der Waals surface area contributed by atoms with Crippen molar-refractivity contribution in [3.05, 3.63) is 11.6 Å². The fourth-order valence-electron chi connectivity index (χ4n) is 2.73. The summed E-state index contributed by atoms with van der Waals surface area (Å²) in [4.78, 5) is 0. The van der Waals surface area contributed by atoms with Crippen LogP contribution in [0.4, 0.5) is 0 Å². The molecule has 0 aliphatic heterocycles. The zero-order chi connectivity index (χ0) is 10.4. The van der Waals surface area contributed by atoms with Crippen molar-refractivity contribution in [2.24, 2.45) is 5.73 Å². The fraction of sp³-hybridized carbons (Fsp3) is 0.818. The molecular weight excluding hydrogens is 188 g/mol. The highest BCUT2D eigenvalue weighted by Crippen LogP contribution is 2.40. The lowest BCUT2D eigenvalue weighted by Gasteiger charge is -2.16. The van der Waals surface area contributed by atoms with Crippen LogP contribution in [0.3, 0.4) is 0 Å². The molecule has 82 valence electrons. The van der Waals surface area contributed by atoms with E-state index in [9.17, 15) is 0 Å². The maximum absolute atomic E-state index is 6.13. The van der Waals surface area contributed by atoms with Crippen molar-refractivity contribution in [3.8, 4) is 0 Å². The van der Waals surface area contributed by atoms with Crippen molar-refractivity contribution in [2.75, 3.05) is 0 Å². The molecule has 0 aromatic carbocycles. The van der Waals surface area contributed by atoms with Gasteiger partial charge in [0.2, 0.25) is 0 Å². The van der Waals surface area contributed by atoms with E-state index in [-0.39, 0.29) is 0 Å². The first-order chi connectivity index (χ1) is 7.27. The van der Waals surface area contributed by atoms with E-state index in [0.29, 0.717) is 18.0 Å². The molecular formula is C11H18N4. The van der Waals surface area contributed by atoms with E-state index in [1.54, 1.807) is 0 Å². The fourth-order valence-corrected chi connectivity index (χ4v) is 2.73. The lowest BCUT2D eigenvalue weighted by Crippen LogP contribution is -2.25. The molecule has 2 N–H and O–H groups in total. The SMILES string of the molecule is Cc1nnc(C2CCCC2N)n1C1CC1. The van der Waals surface area contributed by atoms with Crippen molar-refractivity contribution >= 4 is 0 Å². The molecule has 0 bridgehead atoms. The maximum Gasteiger partial charge on any atom is 0.137 e. The van der Waals surface area contributed by atoms with E-state index in [4.69, 9.17) is 5.73 Å². The van der Waals surface area contributed by atoms with Gasteiger partial charge in [-0.25, -0.2) is 0 Å². The van der Waals surface area contributed by atoms with Crippen LogP contribution in [-0.2, 0) is 0 Å². The topological polar surface area (TPSA) is 56.7 Å². The van der Waals surface area contributed by atoms with Gasteiger partial charge in [-0.05, 0) is 32.6 Å². The zero-order valence-corrected chi connectivity index (χ0v) is 9.19. The van der Waals surface area contributed by atoms with Crippen LogP contribution in [0.1, 0.15) is 55.7 Å². The predicted molar refractivity (Wildman–Crippen MR) is 57.6 cm³/mol. The second kappa shape index (κ2) is 3.30. The highest BCUT2D eigenvalue weighted by molar-refractivity contribution is 5.10. The molecule has 2 atom stereocenters. The summed E-state index contributed by atoms with van der Waals surface area (Å²) in [6.45, 7) is 2.05. The van der Waals surface area contributed by atoms with Crippen LogP contribution in [0, 0.1) is 6.92 Å². The smallest absolute Gasteiger partial charge is 0.137 e. The summed E-state index contributed by atoms with van der Waals surface area (Å²) in [5.74, 6) is 2.67. The van der Waals surface area contributed by atoms with Crippen LogP contribution < -0.4 is 5.73 Å². The Morgan fingerprint density at radius 3 is 2.60 bits per heavy atom. The van der Waals surface area contributed by atoms with Gasteiger partial charge in [0.15, 0.2) is 0 Å². The first-order valence-electron chi connectivity index (χ1n) is 5.94. The second-order valence-electron chi connectivity index (χ2n) is 4.91. The van der Waals surface area contributed by atoms with E-state index in [0.717, 1.165) is 18.1 Å². The Morgan fingerprint density at radius 2 is 2.00 bits per heavy atom. The molecule has 1 aromatic heterocycles. The minimum absolute atomic E-state index is 0.297. The Morgan fingerprint density at radius 1 is 1.20 bits per heavy atom. The molecule has 2 aliphatic carbocycles. The van der Waals surface area contributed by atoms with Crippen LogP contribution in [-0.4, -0.2) is 20.8 Å². The molecule has 2 aliphatic rings. The highest BCUT2D eigenvalue weighted by atomic mass is 15.3. The van der Waals surface area contributed by atoms with Crippen molar-refractivity contribution in [1.82, 2.24) is 14.8 Å². The summed E-state index contributed by atoms with van der Waals surface area (Å²) >= 11 is 0. The minimum atomic E-state index is 0.297. The number of hydrogen-bond donors (Lipinski definition) is 1. The van der Waals surface area contributed by atoms with Crippen LogP contribution in [0.25, 0.3) is 0 Å². The van der Waals surface area contributed by atoms with Gasteiger partial charge >= 0.3 is 0 Å². The second-order valence-corrected chi connectivity index (χ2v) is 4.91. The number of aromatic nitrogens is 3. The quantitative estimate of drug-likeness (QED) is 0.798. The van der Waals surface area contributed by atoms with Crippen LogP contribution >= 0.6 is 0 Å². The first kappa shape index (κ1) is 9.33. The first-order valence-corrected chi connectivity index (χ1v) is 5.94. The highest BCUT2D eigenvalue weighted by Gasteiger charge is 2.35. The van der Waals surface area contributed by atoms with E-state index in [1.165, 1.54) is 25.7 Å². The predicted octanol–water partition coefficient (Wildman–Crippen LogP) is 1.52. The third-order valence-electron chi connectivity index (χ3n) is 3.71. The van der Waals surface area contributed by atoms with E-state index < -0.39 is 0 Å². The molecule has 2 unspecified atom stereocenters. The molecule has 4 heteroatoms. The molecule has 2 saturated carbocycles. The summed E-state index contributed by atoms with van der Waals surface area (Å²) in [5, 5.41) is 8.56. The normalized spacial score (nSPS) is 31.1. The molecule has 4 nitrogen and oxygen atoms in total. The number of aryl methyl sites for hydroxylation is 1. The van der Waals surface area contributed by atoms with Crippen LogP contribution in [0.2, 0.25) is 0 Å². The molecule has 1 aromatic rings. The summed E-state index contributed by atoms with van der Waals surface area (Å²) in [5.41, 5.74) is 6.13. The van der Waals surface area contributed by atoms with Crippen molar-refractivity contribution in [3.63, 3.8) is 0 Å². The third kappa shape index (κ3) is 1.47. The summed E-state index contributed by atoms with van der Waals surface area (Å²) in [7, 11) is 0. The largest absolute Gasteiger partial charge is 0.327 e. The average molecular weight is 206 g/mol. The van der Waals surface area contributed by atoms with Gasteiger partial charge in [-0.3, -0.25) is 0 Å². The van der Waals surface area contributed by atoms with Crippen LogP contribution in [0.15, 0.2) is 0 Å². The van der Waals surface area contributed by atoms with E-state index in [2.05, 4.69) is 21.7 Å². The van der Waals surface area contributed by atoms with Gasteiger partial charge < -0.3 is 10.3 Å². The summed E-state index contributed by atoms with van der Waals surface area (Å²) in [6, 6.07) is 0.967. The van der Waals surface area contributed by atoms with Crippen molar-refractivity contribution in [1.29, 1.82) is 0 Å². The molecule has 2 fully saturated rings. The maximum atomic E-state index is 6.13. The third-order valence-corrected chi connectivity index (χ3v) is 3.71. The van der Waals surface area contributed by atoms with Gasteiger partial charge in [-0.1, -0.05) is 6.42 Å². The Labute approximate surface area is 89.9 Å². The van der Waals surface area contributed by atoms with Gasteiger partial charge in [0, 0.05) is 18.0 Å². The minimum Gasteiger partial charge on any atom is -0.327 e. The molecule has 15 heavy (non-hydrogen) atoms. The molecule has 0 radical (unpaired) electrons. The number of hydrogen-bond acceptors (Lipinski definition) is 3. The zero-order valence-electron chi connectivity index (χ0n) is 9.19. The molecule has 0 spiro atoms. The average Bonchev–Trinajstić information content (AvgIpc) is 2.85. The van der Waals surface area contributed by atoms with Crippen LogP contribution in [0.5, 0.6) is 0 Å². The number of rotatable bonds is 2. The van der Waals surface area contributed by atoms with Gasteiger partial charge in [0.1, 0.15) is 11.6 Å². The monoisotopic (exact) mass is 206 g/mol. The Balaban J connectivity index is 1.96. The number of nitrogens with zero attached hydrogens (tertiary/aromatic N) is 3. The molecule has 0 amide bonds. The van der Waals surface area contributed by atoms with Crippen molar-refractivity contribution < 1.29 is 0 Å². The van der Waals surface area contributed by atoms with E-state index in [1.807, 2.05) is 0 Å². The summed E-state index contributed by atoms with van der Waals surface area (Å²) < 4.78 is 2.33. The van der Waals surface area contributed by atoms with Crippen molar-refractivity contribution in [2.45, 2.75) is 57.0 Å². The Bertz CT molecular complexity index is 367. The Kier molecular flexibility index (Phi) is 2.06.